The van der Waals surface area contributed by atoms with Gasteiger partial charge in [-0.3, -0.25) is 4.79 Å². The van der Waals surface area contributed by atoms with E-state index >= 15 is 0 Å². The predicted molar refractivity (Wildman–Crippen MR) is 47.1 cm³/mol. The van der Waals surface area contributed by atoms with Gasteiger partial charge in [0.1, 0.15) is 0 Å². The highest BCUT2D eigenvalue weighted by atomic mass is 16.4. The smallest absolute Gasteiger partial charge is 0.303 e. The lowest BCUT2D eigenvalue weighted by Gasteiger charge is -1.98. The van der Waals surface area contributed by atoms with Gasteiger partial charge in [0.05, 0.1) is 5.76 Å². The van der Waals surface area contributed by atoms with E-state index in [1.165, 1.54) is 0 Å². The maximum absolute atomic E-state index is 10.1. The normalized spacial score (nSPS) is 9.67. The second kappa shape index (κ2) is 6.70. The van der Waals surface area contributed by atoms with Crippen LogP contribution in [0.15, 0.2) is 12.3 Å². The number of hydrogen-bond donors (Lipinski definition) is 2. The van der Waals surface area contributed by atoms with Crippen molar-refractivity contribution in [2.75, 3.05) is 0 Å². The Balaban J connectivity index is 3.01. The molecule has 2 N–H and O–H groups in total. The van der Waals surface area contributed by atoms with Gasteiger partial charge in [-0.05, 0) is 12.8 Å². The highest BCUT2D eigenvalue weighted by Crippen LogP contribution is 2.07. The molecule has 0 rings (SSSR count). The molecule has 0 atom stereocenters. The van der Waals surface area contributed by atoms with Crippen LogP contribution in [0.4, 0.5) is 0 Å². The number of aliphatic hydroxyl groups excluding tert-OH is 1. The number of aliphatic carboxylic acids is 1. The number of carboxylic acids is 1. The minimum atomic E-state index is -0.735. The molecule has 0 aliphatic rings. The third kappa shape index (κ3) is 9.01. The number of carbonyl (C=O) groups is 1. The van der Waals surface area contributed by atoms with Crippen LogP contribution in [0.5, 0.6) is 0 Å². The summed E-state index contributed by atoms with van der Waals surface area (Å²) in [6.45, 7) is 3.36. The molecule has 0 radical (unpaired) electrons. The summed E-state index contributed by atoms with van der Waals surface area (Å²) >= 11 is 0. The van der Waals surface area contributed by atoms with Crippen LogP contribution in [0, 0.1) is 0 Å². The number of aliphatic hydroxyl groups is 1. The fraction of sp³-hybridized carbons (Fsp3) is 0.667. The first-order chi connectivity index (χ1) is 5.63. The predicted octanol–water partition coefficient (Wildman–Crippen LogP) is 2.48. The van der Waals surface area contributed by atoms with E-state index < -0.39 is 5.97 Å². The van der Waals surface area contributed by atoms with Crippen molar-refractivity contribution in [1.29, 1.82) is 0 Å². The second-order valence-corrected chi connectivity index (χ2v) is 2.87. The number of hydrogen-bond acceptors (Lipinski definition) is 2. The van der Waals surface area contributed by atoms with Crippen molar-refractivity contribution in [1.82, 2.24) is 0 Å². The summed E-state index contributed by atoms with van der Waals surface area (Å²) in [6, 6.07) is 0. The third-order valence-electron chi connectivity index (χ3n) is 1.61. The quantitative estimate of drug-likeness (QED) is 0.458. The van der Waals surface area contributed by atoms with E-state index in [-0.39, 0.29) is 12.2 Å². The summed E-state index contributed by atoms with van der Waals surface area (Å²) in [4.78, 5) is 10.1. The van der Waals surface area contributed by atoms with E-state index in [1.807, 2.05) is 0 Å². The van der Waals surface area contributed by atoms with Gasteiger partial charge in [0.25, 0.3) is 0 Å². The van der Waals surface area contributed by atoms with Crippen molar-refractivity contribution >= 4 is 5.97 Å². The summed E-state index contributed by atoms with van der Waals surface area (Å²) in [6.07, 6.45) is 4.39. The Bertz CT molecular complexity index is 134. The molecule has 0 saturated carbocycles. The molecule has 0 aliphatic heterocycles. The van der Waals surface area contributed by atoms with Crippen molar-refractivity contribution < 1.29 is 15.0 Å². The molecule has 0 fully saturated rings. The van der Waals surface area contributed by atoms with Gasteiger partial charge in [0.15, 0.2) is 0 Å². The molecule has 3 nitrogen and oxygen atoms in total. The average molecular weight is 172 g/mol. The first-order valence-electron chi connectivity index (χ1n) is 4.21. The largest absolute Gasteiger partial charge is 0.513 e. The number of rotatable bonds is 7. The van der Waals surface area contributed by atoms with E-state index in [2.05, 4.69) is 6.58 Å². The Kier molecular flexibility index (Phi) is 6.15. The standard InChI is InChI=1S/C9H16O3/c1-8(10)6-4-2-3-5-7-9(11)12/h10H,1-7H2,(H,11,12). The summed E-state index contributed by atoms with van der Waals surface area (Å²) in [7, 11) is 0. The Labute approximate surface area is 72.7 Å². The number of allylic oxidation sites excluding steroid dienone is 1. The maximum atomic E-state index is 10.1. The zero-order chi connectivity index (χ0) is 9.40. The molecule has 0 aromatic heterocycles. The zero-order valence-electron chi connectivity index (χ0n) is 7.25. The summed E-state index contributed by atoms with van der Waals surface area (Å²) in [5.41, 5.74) is 0. The third-order valence-corrected chi connectivity index (χ3v) is 1.61. The lowest BCUT2D eigenvalue weighted by atomic mass is 10.1. The molecule has 0 saturated heterocycles. The van der Waals surface area contributed by atoms with Crippen LogP contribution in [-0.4, -0.2) is 16.2 Å². The van der Waals surface area contributed by atoms with Crippen molar-refractivity contribution in [2.24, 2.45) is 0 Å². The van der Waals surface area contributed by atoms with Crippen molar-refractivity contribution in [3.63, 3.8) is 0 Å². The highest BCUT2D eigenvalue weighted by Gasteiger charge is 1.96. The Morgan fingerprint density at radius 3 is 1.92 bits per heavy atom. The first kappa shape index (κ1) is 11.0. The van der Waals surface area contributed by atoms with Gasteiger partial charge >= 0.3 is 5.97 Å². The molecule has 70 valence electrons. The van der Waals surface area contributed by atoms with Gasteiger partial charge in [0.2, 0.25) is 0 Å². The molecule has 0 amide bonds. The SMILES string of the molecule is C=C(O)CCCCCCC(=O)O. The lowest BCUT2D eigenvalue weighted by molar-refractivity contribution is -0.137. The molecular weight excluding hydrogens is 156 g/mol. The Morgan fingerprint density at radius 2 is 1.50 bits per heavy atom. The Morgan fingerprint density at radius 1 is 1.00 bits per heavy atom. The van der Waals surface area contributed by atoms with E-state index in [1.54, 1.807) is 0 Å². The van der Waals surface area contributed by atoms with E-state index in [4.69, 9.17) is 10.2 Å². The molecule has 0 aromatic carbocycles. The van der Waals surface area contributed by atoms with Gasteiger partial charge in [-0.15, -0.1) is 0 Å². The molecule has 0 heterocycles. The second-order valence-electron chi connectivity index (χ2n) is 2.87. The highest BCUT2D eigenvalue weighted by molar-refractivity contribution is 5.66. The molecule has 0 aromatic rings. The van der Waals surface area contributed by atoms with Crippen LogP contribution in [0.1, 0.15) is 38.5 Å². The number of unbranched alkanes of at least 4 members (excludes halogenated alkanes) is 3. The number of carboxylic acid groups (broad SMARTS) is 1. The van der Waals surface area contributed by atoms with Gasteiger partial charge < -0.3 is 10.2 Å². The van der Waals surface area contributed by atoms with Crippen molar-refractivity contribution in [3.05, 3.63) is 12.3 Å². The van der Waals surface area contributed by atoms with Crippen LogP contribution in [0.25, 0.3) is 0 Å². The molecule has 0 aliphatic carbocycles. The van der Waals surface area contributed by atoms with Crippen molar-refractivity contribution in [2.45, 2.75) is 38.5 Å². The molecule has 3 heteroatoms. The van der Waals surface area contributed by atoms with Gasteiger partial charge in [-0.25, -0.2) is 0 Å². The maximum Gasteiger partial charge on any atom is 0.303 e. The van der Waals surface area contributed by atoms with Crippen LogP contribution in [0.3, 0.4) is 0 Å². The minimum Gasteiger partial charge on any atom is -0.513 e. The summed E-state index contributed by atoms with van der Waals surface area (Å²) in [5.74, 6) is -0.519. The summed E-state index contributed by atoms with van der Waals surface area (Å²) in [5, 5.41) is 17.0. The van der Waals surface area contributed by atoms with Crippen LogP contribution >= 0.6 is 0 Å². The van der Waals surface area contributed by atoms with E-state index in [0.29, 0.717) is 6.42 Å². The fourth-order valence-electron chi connectivity index (χ4n) is 0.959. The average Bonchev–Trinajstić information content (AvgIpc) is 1.95. The van der Waals surface area contributed by atoms with Gasteiger partial charge in [0, 0.05) is 12.8 Å². The first-order valence-corrected chi connectivity index (χ1v) is 4.21. The fourth-order valence-corrected chi connectivity index (χ4v) is 0.959. The minimum absolute atomic E-state index is 0.216. The van der Waals surface area contributed by atoms with Gasteiger partial charge in [-0.2, -0.15) is 0 Å². The zero-order valence-corrected chi connectivity index (χ0v) is 7.25. The molecular formula is C9H16O3. The summed E-state index contributed by atoms with van der Waals surface area (Å²) < 4.78 is 0. The van der Waals surface area contributed by atoms with E-state index in [0.717, 1.165) is 25.7 Å². The topological polar surface area (TPSA) is 57.5 Å². The van der Waals surface area contributed by atoms with E-state index in [9.17, 15) is 4.79 Å². The molecule has 12 heavy (non-hydrogen) atoms. The van der Waals surface area contributed by atoms with Gasteiger partial charge in [-0.1, -0.05) is 19.4 Å². The van der Waals surface area contributed by atoms with Crippen LogP contribution in [0.2, 0.25) is 0 Å². The monoisotopic (exact) mass is 172 g/mol. The molecule has 0 bridgehead atoms. The van der Waals surface area contributed by atoms with Crippen LogP contribution < -0.4 is 0 Å². The molecule has 0 unspecified atom stereocenters. The van der Waals surface area contributed by atoms with Crippen molar-refractivity contribution in [3.8, 4) is 0 Å². The molecule has 0 spiro atoms. The lowest BCUT2D eigenvalue weighted by Crippen LogP contribution is -1.93. The Hall–Kier alpha value is -0.990. The van der Waals surface area contributed by atoms with Crippen LogP contribution in [-0.2, 0) is 4.79 Å².